The Morgan fingerprint density at radius 3 is 2.50 bits per heavy atom. The van der Waals surface area contributed by atoms with Crippen LogP contribution in [0.1, 0.15) is 25.7 Å². The van der Waals surface area contributed by atoms with Crippen LogP contribution in [0, 0.1) is 11.3 Å². The lowest BCUT2D eigenvalue weighted by Crippen LogP contribution is -2.45. The van der Waals surface area contributed by atoms with Gasteiger partial charge in [0.1, 0.15) is 0 Å². The molecular weight excluding hydrogens is 224 g/mol. The van der Waals surface area contributed by atoms with Crippen molar-refractivity contribution in [2.75, 3.05) is 13.6 Å². The van der Waals surface area contributed by atoms with E-state index in [2.05, 4.69) is 0 Å². The minimum absolute atomic E-state index is 0.0568. The second-order valence-corrected chi connectivity index (χ2v) is 5.56. The quantitative estimate of drug-likeness (QED) is 0.695. The Morgan fingerprint density at radius 1 is 1.56 bits per heavy atom. The van der Waals surface area contributed by atoms with Crippen LogP contribution in [-0.4, -0.2) is 40.6 Å². The van der Waals surface area contributed by atoms with Gasteiger partial charge in [-0.3, -0.25) is 4.79 Å². The van der Waals surface area contributed by atoms with Crippen LogP contribution in [0.15, 0.2) is 0 Å². The van der Waals surface area contributed by atoms with Crippen molar-refractivity contribution in [1.82, 2.24) is 4.90 Å². The lowest BCUT2D eigenvalue weighted by molar-refractivity contribution is -0.134. The molecule has 3 N–H and O–H groups in total. The Morgan fingerprint density at radius 2 is 2.12 bits per heavy atom. The molecule has 4 nitrogen and oxygen atoms in total. The molecule has 1 amide bonds. The highest BCUT2D eigenvalue weighted by Crippen LogP contribution is 2.47. The second kappa shape index (κ2) is 3.96. The molecule has 90 valence electrons. The van der Waals surface area contributed by atoms with Gasteiger partial charge in [-0.25, -0.2) is 0 Å². The molecule has 0 radical (unpaired) electrons. The van der Waals surface area contributed by atoms with Crippen LogP contribution in [-0.2, 0) is 4.79 Å². The van der Waals surface area contributed by atoms with Gasteiger partial charge in [-0.2, -0.15) is 0 Å². The third-order valence-electron chi connectivity index (χ3n) is 3.72. The molecule has 0 spiro atoms. The smallest absolute Gasteiger partial charge is 0.235 e. The largest absolute Gasteiger partial charge is 0.393 e. The van der Waals surface area contributed by atoms with E-state index in [0.717, 1.165) is 25.7 Å². The Kier molecular flexibility index (Phi) is 2.92. The van der Waals surface area contributed by atoms with Gasteiger partial charge in [-0.05, 0) is 31.6 Å². The highest BCUT2D eigenvalue weighted by molar-refractivity contribution is 7.80. The summed E-state index contributed by atoms with van der Waals surface area (Å²) in [5.74, 6) is 0.493. The van der Waals surface area contributed by atoms with Crippen molar-refractivity contribution in [2.45, 2.75) is 31.8 Å². The first kappa shape index (κ1) is 11.8. The summed E-state index contributed by atoms with van der Waals surface area (Å²) in [6.07, 6.45) is 3.02. The van der Waals surface area contributed by atoms with Crippen LogP contribution in [0.2, 0.25) is 0 Å². The molecule has 2 saturated carbocycles. The number of aliphatic hydroxyl groups is 1. The van der Waals surface area contributed by atoms with Crippen LogP contribution in [0.25, 0.3) is 0 Å². The number of nitrogens with two attached hydrogens (primary N) is 1. The normalized spacial score (nSPS) is 30.4. The average molecular weight is 242 g/mol. The van der Waals surface area contributed by atoms with Crippen molar-refractivity contribution in [2.24, 2.45) is 17.1 Å². The van der Waals surface area contributed by atoms with Gasteiger partial charge < -0.3 is 15.7 Å². The van der Waals surface area contributed by atoms with Gasteiger partial charge in [0.15, 0.2) is 0 Å². The molecule has 2 fully saturated rings. The maximum Gasteiger partial charge on any atom is 0.235 e. The number of amides is 1. The van der Waals surface area contributed by atoms with Crippen molar-refractivity contribution in [3.63, 3.8) is 0 Å². The highest BCUT2D eigenvalue weighted by atomic mass is 32.1. The summed E-state index contributed by atoms with van der Waals surface area (Å²) in [5.41, 5.74) is 5.08. The molecule has 2 rings (SSSR count). The SMILES string of the molecule is CN(CC1CC(O)C1)C(=O)C1(C(N)=S)CC1. The summed E-state index contributed by atoms with van der Waals surface area (Å²) >= 11 is 4.95. The van der Waals surface area contributed by atoms with E-state index in [9.17, 15) is 9.90 Å². The van der Waals surface area contributed by atoms with Gasteiger partial charge in [0.2, 0.25) is 5.91 Å². The van der Waals surface area contributed by atoms with Crippen LogP contribution >= 0.6 is 12.2 Å². The van der Waals surface area contributed by atoms with Crippen LogP contribution < -0.4 is 5.73 Å². The molecule has 0 bridgehead atoms. The molecule has 0 aromatic rings. The van der Waals surface area contributed by atoms with Gasteiger partial charge in [-0.15, -0.1) is 0 Å². The van der Waals surface area contributed by atoms with E-state index < -0.39 is 5.41 Å². The van der Waals surface area contributed by atoms with E-state index in [1.807, 2.05) is 0 Å². The first-order chi connectivity index (χ1) is 7.45. The summed E-state index contributed by atoms with van der Waals surface area (Å²) in [5, 5.41) is 9.19. The maximum atomic E-state index is 12.1. The van der Waals surface area contributed by atoms with Crippen molar-refractivity contribution in [3.05, 3.63) is 0 Å². The molecule has 0 saturated heterocycles. The fourth-order valence-electron chi connectivity index (χ4n) is 2.38. The molecule has 16 heavy (non-hydrogen) atoms. The van der Waals surface area contributed by atoms with Gasteiger partial charge in [0, 0.05) is 13.6 Å². The Bertz CT molecular complexity index is 322. The van der Waals surface area contributed by atoms with Gasteiger partial charge >= 0.3 is 0 Å². The molecular formula is C11H18N2O2S. The zero-order valence-corrected chi connectivity index (χ0v) is 10.3. The Balaban J connectivity index is 1.88. The van der Waals surface area contributed by atoms with Gasteiger partial charge in [0.25, 0.3) is 0 Å². The Hall–Kier alpha value is -0.680. The third kappa shape index (κ3) is 1.94. The summed E-state index contributed by atoms with van der Waals surface area (Å²) in [7, 11) is 1.80. The minimum Gasteiger partial charge on any atom is -0.393 e. The van der Waals surface area contributed by atoms with E-state index in [1.54, 1.807) is 11.9 Å². The molecule has 0 aliphatic heterocycles. The zero-order chi connectivity index (χ0) is 11.9. The fourth-order valence-corrected chi connectivity index (χ4v) is 2.67. The average Bonchev–Trinajstić information content (AvgIpc) is 2.94. The number of nitrogens with zero attached hydrogens (tertiary/aromatic N) is 1. The summed E-state index contributed by atoms with van der Waals surface area (Å²) in [6.45, 7) is 0.709. The first-order valence-corrected chi connectivity index (χ1v) is 6.10. The van der Waals surface area contributed by atoms with Gasteiger partial charge in [-0.1, -0.05) is 12.2 Å². The fraction of sp³-hybridized carbons (Fsp3) is 0.818. The van der Waals surface area contributed by atoms with E-state index in [1.165, 1.54) is 0 Å². The van der Waals surface area contributed by atoms with E-state index >= 15 is 0 Å². The molecule has 2 aliphatic carbocycles. The highest BCUT2D eigenvalue weighted by Gasteiger charge is 2.54. The van der Waals surface area contributed by atoms with Gasteiger partial charge in [0.05, 0.1) is 16.5 Å². The topological polar surface area (TPSA) is 66.6 Å². The number of thiocarbonyl (C=S) groups is 1. The minimum atomic E-state index is -0.535. The number of carbonyl (C=O) groups is 1. The van der Waals surface area contributed by atoms with E-state index in [0.29, 0.717) is 17.5 Å². The summed E-state index contributed by atoms with van der Waals surface area (Å²) < 4.78 is 0. The third-order valence-corrected chi connectivity index (χ3v) is 4.11. The standard InChI is InChI=1S/C11H18N2O2S/c1-13(6-7-4-8(14)5-7)10(15)11(2-3-11)9(12)16/h7-8,14H,2-6H2,1H3,(H2,12,16). The predicted octanol–water partition coefficient (Wildman–Crippen LogP) is 0.282. The number of hydrogen-bond donors (Lipinski definition) is 2. The molecule has 0 aromatic carbocycles. The lowest BCUT2D eigenvalue weighted by atomic mass is 9.82. The number of aliphatic hydroxyl groups excluding tert-OH is 1. The second-order valence-electron chi connectivity index (χ2n) is 5.12. The molecule has 2 aliphatic rings. The number of carbonyl (C=O) groups excluding carboxylic acids is 1. The lowest BCUT2D eigenvalue weighted by Gasteiger charge is -2.35. The van der Waals surface area contributed by atoms with Crippen molar-refractivity contribution >= 4 is 23.1 Å². The molecule has 5 heteroatoms. The maximum absolute atomic E-state index is 12.1. The van der Waals surface area contributed by atoms with Crippen molar-refractivity contribution in [1.29, 1.82) is 0 Å². The first-order valence-electron chi connectivity index (χ1n) is 5.69. The van der Waals surface area contributed by atoms with E-state index in [-0.39, 0.29) is 12.0 Å². The summed E-state index contributed by atoms with van der Waals surface area (Å²) in [6, 6.07) is 0. The number of rotatable bonds is 4. The monoisotopic (exact) mass is 242 g/mol. The predicted molar refractivity (Wildman–Crippen MR) is 64.8 cm³/mol. The van der Waals surface area contributed by atoms with Crippen molar-refractivity contribution in [3.8, 4) is 0 Å². The molecule has 0 atom stereocenters. The van der Waals surface area contributed by atoms with Crippen LogP contribution in [0.4, 0.5) is 0 Å². The van der Waals surface area contributed by atoms with Crippen LogP contribution in [0.3, 0.4) is 0 Å². The molecule has 0 unspecified atom stereocenters. The summed E-state index contributed by atoms with van der Waals surface area (Å²) in [4.78, 5) is 14.2. The number of hydrogen-bond acceptors (Lipinski definition) is 3. The Labute approximate surface area is 101 Å². The van der Waals surface area contributed by atoms with Crippen molar-refractivity contribution < 1.29 is 9.90 Å². The molecule has 0 aromatic heterocycles. The van der Waals surface area contributed by atoms with Crippen LogP contribution in [0.5, 0.6) is 0 Å². The zero-order valence-electron chi connectivity index (χ0n) is 9.48. The molecule has 0 heterocycles. The van der Waals surface area contributed by atoms with E-state index in [4.69, 9.17) is 18.0 Å².